The molecule has 3 N–H and O–H groups in total. The van der Waals surface area contributed by atoms with Crippen molar-refractivity contribution in [2.45, 2.75) is 13.3 Å². The van der Waals surface area contributed by atoms with E-state index in [1.54, 1.807) is 0 Å². The van der Waals surface area contributed by atoms with Gasteiger partial charge in [-0.3, -0.25) is 4.79 Å². The van der Waals surface area contributed by atoms with Crippen molar-refractivity contribution in [2.75, 3.05) is 5.73 Å². The molecule has 17 heavy (non-hydrogen) atoms. The Labute approximate surface area is 100 Å². The van der Waals surface area contributed by atoms with Crippen LogP contribution >= 0.6 is 11.5 Å². The third-order valence-electron chi connectivity index (χ3n) is 2.72. The van der Waals surface area contributed by atoms with Crippen LogP contribution in [0.3, 0.4) is 0 Å². The molecule has 0 atom stereocenters. The van der Waals surface area contributed by atoms with Gasteiger partial charge in [0.15, 0.2) is 0 Å². The first kappa shape index (κ1) is 10.2. The molecule has 0 saturated heterocycles. The lowest BCUT2D eigenvalue weighted by Crippen LogP contribution is -2.11. The van der Waals surface area contributed by atoms with Gasteiger partial charge in [-0.05, 0) is 23.7 Å². The average molecular weight is 246 g/mol. The summed E-state index contributed by atoms with van der Waals surface area (Å²) in [4.78, 5) is 19.2. The van der Waals surface area contributed by atoms with Crippen LogP contribution in [0.15, 0.2) is 16.9 Å². The van der Waals surface area contributed by atoms with Gasteiger partial charge in [0.1, 0.15) is 11.6 Å². The molecule has 0 saturated carbocycles. The Morgan fingerprint density at radius 2 is 2.29 bits per heavy atom. The summed E-state index contributed by atoms with van der Waals surface area (Å²) in [5.74, 6) is 1.16. The van der Waals surface area contributed by atoms with Gasteiger partial charge in [-0.1, -0.05) is 6.92 Å². The fourth-order valence-corrected chi connectivity index (χ4v) is 2.71. The van der Waals surface area contributed by atoms with Crippen LogP contribution in [0, 0.1) is 0 Å². The number of aromatic nitrogens is 3. The average Bonchev–Trinajstić information content (AvgIpc) is 2.70. The van der Waals surface area contributed by atoms with Gasteiger partial charge in [-0.2, -0.15) is 4.37 Å². The smallest absolute Gasteiger partial charge is 0.260 e. The summed E-state index contributed by atoms with van der Waals surface area (Å²) in [5.41, 5.74) is 6.31. The van der Waals surface area contributed by atoms with Gasteiger partial charge in [-0.15, -0.1) is 0 Å². The van der Waals surface area contributed by atoms with Crippen molar-refractivity contribution >= 4 is 38.3 Å². The van der Waals surface area contributed by atoms with Crippen molar-refractivity contribution in [3.05, 3.63) is 28.3 Å². The van der Waals surface area contributed by atoms with E-state index >= 15 is 0 Å². The highest BCUT2D eigenvalue weighted by molar-refractivity contribution is 7.14. The number of nitrogens with two attached hydrogens (primary N) is 1. The zero-order valence-corrected chi connectivity index (χ0v) is 9.97. The molecule has 0 aliphatic rings. The molecule has 0 spiro atoms. The van der Waals surface area contributed by atoms with E-state index in [1.807, 2.05) is 19.1 Å². The quantitative estimate of drug-likeness (QED) is 0.684. The fraction of sp³-hybridized carbons (Fsp3) is 0.182. The zero-order chi connectivity index (χ0) is 12.0. The number of aryl methyl sites for hydroxylation is 1. The number of anilines is 1. The normalized spacial score (nSPS) is 11.4. The largest absolute Gasteiger partial charge is 0.382 e. The van der Waals surface area contributed by atoms with Crippen molar-refractivity contribution in [1.29, 1.82) is 0 Å². The number of hydrogen-bond acceptors (Lipinski definition) is 5. The molecule has 6 heteroatoms. The summed E-state index contributed by atoms with van der Waals surface area (Å²) in [6, 6.07) is 3.68. The van der Waals surface area contributed by atoms with Gasteiger partial charge in [0.25, 0.3) is 5.56 Å². The summed E-state index contributed by atoms with van der Waals surface area (Å²) in [5, 5.41) is 1.40. The van der Waals surface area contributed by atoms with E-state index in [0.717, 1.165) is 10.1 Å². The second-order valence-electron chi connectivity index (χ2n) is 3.77. The van der Waals surface area contributed by atoms with Gasteiger partial charge in [0.2, 0.25) is 0 Å². The number of hydrogen-bond donors (Lipinski definition) is 2. The molecule has 0 fully saturated rings. The van der Waals surface area contributed by atoms with Gasteiger partial charge in [-0.25, -0.2) is 4.98 Å². The predicted octanol–water partition coefficient (Wildman–Crippen LogP) is 1.68. The van der Waals surface area contributed by atoms with Crippen molar-refractivity contribution < 1.29 is 0 Å². The number of nitrogens with zero attached hydrogens (tertiary/aromatic N) is 2. The maximum absolute atomic E-state index is 12.0. The predicted molar refractivity (Wildman–Crippen MR) is 69.3 cm³/mol. The number of aromatic amines is 1. The molecule has 2 aromatic heterocycles. The molecule has 0 unspecified atom stereocenters. The number of fused-ring (bicyclic) bond motifs is 3. The van der Waals surface area contributed by atoms with E-state index in [9.17, 15) is 4.79 Å². The molecule has 0 amide bonds. The first-order chi connectivity index (χ1) is 8.20. The second kappa shape index (κ2) is 3.53. The van der Waals surface area contributed by atoms with Gasteiger partial charge < -0.3 is 10.7 Å². The molecule has 0 aliphatic carbocycles. The van der Waals surface area contributed by atoms with Crippen LogP contribution in [0.5, 0.6) is 0 Å². The Kier molecular flexibility index (Phi) is 2.12. The van der Waals surface area contributed by atoms with Gasteiger partial charge in [0, 0.05) is 11.8 Å². The molecular formula is C11H10N4OS. The monoisotopic (exact) mass is 246 g/mol. The highest BCUT2D eigenvalue weighted by atomic mass is 32.1. The third kappa shape index (κ3) is 1.41. The van der Waals surface area contributed by atoms with Crippen LogP contribution in [0.1, 0.15) is 12.7 Å². The Morgan fingerprint density at radius 1 is 1.47 bits per heavy atom. The summed E-state index contributed by atoms with van der Waals surface area (Å²) in [6.45, 7) is 1.95. The minimum atomic E-state index is -0.124. The Bertz CT molecular complexity index is 774. The molecule has 5 nitrogen and oxygen atoms in total. The molecule has 3 rings (SSSR count). The van der Waals surface area contributed by atoms with Crippen molar-refractivity contribution in [2.24, 2.45) is 0 Å². The number of H-pyrrole nitrogens is 1. The summed E-state index contributed by atoms with van der Waals surface area (Å²) in [6.07, 6.45) is 0.702. The molecule has 0 aliphatic heterocycles. The highest BCUT2D eigenvalue weighted by Gasteiger charge is 2.11. The summed E-state index contributed by atoms with van der Waals surface area (Å²) < 4.78 is 4.87. The van der Waals surface area contributed by atoms with E-state index < -0.39 is 0 Å². The Balaban J connectivity index is 2.55. The van der Waals surface area contributed by atoms with Crippen LogP contribution in [0.2, 0.25) is 0 Å². The fourth-order valence-electron chi connectivity index (χ4n) is 1.86. The molecule has 86 valence electrons. The van der Waals surface area contributed by atoms with Crippen LogP contribution in [0.25, 0.3) is 21.0 Å². The topological polar surface area (TPSA) is 84.7 Å². The molecular weight excluding hydrogens is 236 g/mol. The SMILES string of the molecule is CCc1nc2ccc3c(N)nsc3c2c(=O)[nH]1. The molecule has 0 radical (unpaired) electrons. The maximum atomic E-state index is 12.0. The number of nitrogen functional groups attached to an aromatic ring is 1. The lowest BCUT2D eigenvalue weighted by molar-refractivity contribution is 0.945. The van der Waals surface area contributed by atoms with E-state index in [-0.39, 0.29) is 5.56 Å². The van der Waals surface area contributed by atoms with Crippen molar-refractivity contribution in [3.63, 3.8) is 0 Å². The summed E-state index contributed by atoms with van der Waals surface area (Å²) >= 11 is 1.24. The number of nitrogens with one attached hydrogen (secondary N) is 1. The zero-order valence-electron chi connectivity index (χ0n) is 9.15. The van der Waals surface area contributed by atoms with Crippen molar-refractivity contribution in [3.8, 4) is 0 Å². The lowest BCUT2D eigenvalue weighted by atomic mass is 10.2. The van der Waals surface area contributed by atoms with Crippen LogP contribution < -0.4 is 11.3 Å². The minimum absolute atomic E-state index is 0.124. The number of rotatable bonds is 1. The molecule has 3 aromatic rings. The lowest BCUT2D eigenvalue weighted by Gasteiger charge is -2.00. The van der Waals surface area contributed by atoms with Gasteiger partial charge in [0.05, 0.1) is 15.6 Å². The maximum Gasteiger partial charge on any atom is 0.260 e. The Hall–Kier alpha value is -1.95. The van der Waals surface area contributed by atoms with Crippen LogP contribution in [-0.4, -0.2) is 14.3 Å². The van der Waals surface area contributed by atoms with E-state index in [1.165, 1.54) is 11.5 Å². The van der Waals surface area contributed by atoms with Crippen LogP contribution in [-0.2, 0) is 6.42 Å². The second-order valence-corrected chi connectivity index (χ2v) is 4.54. The van der Waals surface area contributed by atoms with Crippen molar-refractivity contribution in [1.82, 2.24) is 14.3 Å². The Morgan fingerprint density at radius 3 is 3.06 bits per heavy atom. The molecule has 1 aromatic carbocycles. The van der Waals surface area contributed by atoms with E-state index in [4.69, 9.17) is 5.73 Å². The molecule has 2 heterocycles. The van der Waals surface area contributed by atoms with E-state index in [2.05, 4.69) is 14.3 Å². The molecule has 0 bridgehead atoms. The third-order valence-corrected chi connectivity index (χ3v) is 3.62. The summed E-state index contributed by atoms with van der Waals surface area (Å²) in [7, 11) is 0. The van der Waals surface area contributed by atoms with E-state index in [0.29, 0.717) is 29.0 Å². The van der Waals surface area contributed by atoms with Gasteiger partial charge >= 0.3 is 0 Å². The first-order valence-electron chi connectivity index (χ1n) is 5.27. The highest BCUT2D eigenvalue weighted by Crippen LogP contribution is 2.29. The number of benzene rings is 1. The minimum Gasteiger partial charge on any atom is -0.382 e. The van der Waals surface area contributed by atoms with Crippen LogP contribution in [0.4, 0.5) is 5.82 Å². The standard InChI is InChI=1S/C11H10N4OS/c1-2-7-13-6-4-3-5-9(17-15-10(5)12)8(6)11(16)14-7/h3-4H,2H2,1H3,(H2,12,15)(H,13,14,16). The first-order valence-corrected chi connectivity index (χ1v) is 6.05.